The van der Waals surface area contributed by atoms with Gasteiger partial charge in [0.05, 0.1) is 16.5 Å². The number of carbonyl (C=O) groups is 1. The lowest BCUT2D eigenvalue weighted by Gasteiger charge is -2.15. The zero-order valence-corrected chi connectivity index (χ0v) is 11.5. The topological polar surface area (TPSA) is 83.5 Å². The highest BCUT2D eigenvalue weighted by molar-refractivity contribution is 7.93. The number of benzene rings is 1. The number of hydrogen-bond donors (Lipinski definition) is 2. The highest BCUT2D eigenvalue weighted by Crippen LogP contribution is 2.27. The van der Waals surface area contributed by atoms with Gasteiger partial charge in [0.1, 0.15) is 0 Å². The molecule has 2 N–H and O–H groups in total. The molecule has 0 atom stereocenters. The van der Waals surface area contributed by atoms with Crippen molar-refractivity contribution in [3.63, 3.8) is 0 Å². The molecule has 19 heavy (non-hydrogen) atoms. The molecule has 0 heterocycles. The number of carboxylic acids is 1. The highest BCUT2D eigenvalue weighted by Gasteiger charge is 2.29. The van der Waals surface area contributed by atoms with E-state index in [2.05, 4.69) is 4.72 Å². The second-order valence-electron chi connectivity index (χ2n) is 4.84. The normalized spacial score (nSPS) is 16.5. The summed E-state index contributed by atoms with van der Waals surface area (Å²) in [6.45, 7) is 1.61. The van der Waals surface area contributed by atoms with E-state index in [1.165, 1.54) is 6.07 Å². The zero-order chi connectivity index (χ0) is 14.0. The van der Waals surface area contributed by atoms with Gasteiger partial charge < -0.3 is 5.11 Å². The highest BCUT2D eigenvalue weighted by atomic mass is 32.2. The van der Waals surface area contributed by atoms with Gasteiger partial charge in [0.15, 0.2) is 0 Å². The summed E-state index contributed by atoms with van der Waals surface area (Å²) >= 11 is 0. The van der Waals surface area contributed by atoms with E-state index in [4.69, 9.17) is 5.11 Å². The number of aromatic carboxylic acids is 1. The average molecular weight is 283 g/mol. The van der Waals surface area contributed by atoms with Gasteiger partial charge >= 0.3 is 5.97 Å². The first kappa shape index (κ1) is 13.9. The number of nitrogens with one attached hydrogen (secondary N) is 1. The third kappa shape index (κ3) is 2.89. The zero-order valence-electron chi connectivity index (χ0n) is 10.7. The fourth-order valence-electron chi connectivity index (χ4n) is 2.41. The third-order valence-electron chi connectivity index (χ3n) is 3.56. The number of anilines is 1. The Morgan fingerprint density at radius 2 is 1.95 bits per heavy atom. The Hall–Kier alpha value is -1.56. The van der Waals surface area contributed by atoms with Crippen LogP contribution in [0.25, 0.3) is 0 Å². The fraction of sp³-hybridized carbons (Fsp3) is 0.462. The predicted octanol–water partition coefficient (Wildman–Crippen LogP) is 2.38. The van der Waals surface area contributed by atoms with Crippen molar-refractivity contribution in [1.29, 1.82) is 0 Å². The first-order valence-corrected chi connectivity index (χ1v) is 7.81. The number of sulfonamides is 1. The molecule has 0 amide bonds. The maximum atomic E-state index is 12.2. The van der Waals surface area contributed by atoms with Gasteiger partial charge in [-0.05, 0) is 37.5 Å². The van der Waals surface area contributed by atoms with Gasteiger partial charge in [-0.15, -0.1) is 0 Å². The van der Waals surface area contributed by atoms with E-state index in [-0.39, 0.29) is 10.8 Å². The molecule has 0 bridgehead atoms. The summed E-state index contributed by atoms with van der Waals surface area (Å²) in [5.74, 6) is -1.06. The predicted molar refractivity (Wildman–Crippen MR) is 72.9 cm³/mol. The Morgan fingerprint density at radius 3 is 2.53 bits per heavy atom. The summed E-state index contributed by atoms with van der Waals surface area (Å²) in [5, 5.41) is 8.66. The SMILES string of the molecule is Cc1c(NS(=O)(=O)C2CCCC2)cccc1C(=O)O. The van der Waals surface area contributed by atoms with E-state index in [1.807, 2.05) is 0 Å². The van der Waals surface area contributed by atoms with Gasteiger partial charge in [-0.25, -0.2) is 13.2 Å². The first-order chi connectivity index (χ1) is 8.92. The molecule has 6 heteroatoms. The molecule has 2 rings (SSSR count). The van der Waals surface area contributed by atoms with Crippen molar-refractivity contribution in [3.05, 3.63) is 29.3 Å². The molecule has 0 unspecified atom stereocenters. The summed E-state index contributed by atoms with van der Waals surface area (Å²) in [6, 6.07) is 4.60. The van der Waals surface area contributed by atoms with Crippen molar-refractivity contribution < 1.29 is 18.3 Å². The monoisotopic (exact) mass is 283 g/mol. The first-order valence-electron chi connectivity index (χ1n) is 6.26. The van der Waals surface area contributed by atoms with Crippen LogP contribution < -0.4 is 4.72 Å². The summed E-state index contributed by atoms with van der Waals surface area (Å²) in [6.07, 6.45) is 3.21. The van der Waals surface area contributed by atoms with Gasteiger partial charge in [0, 0.05) is 0 Å². The molecule has 1 aliphatic carbocycles. The Morgan fingerprint density at radius 1 is 1.32 bits per heavy atom. The Kier molecular flexibility index (Phi) is 3.80. The molecule has 104 valence electrons. The molecule has 5 nitrogen and oxygen atoms in total. The van der Waals surface area contributed by atoms with Crippen molar-refractivity contribution in [2.75, 3.05) is 4.72 Å². The molecule has 0 radical (unpaired) electrons. The Balaban J connectivity index is 2.28. The Bertz CT molecular complexity index is 589. The van der Waals surface area contributed by atoms with E-state index < -0.39 is 16.0 Å². The van der Waals surface area contributed by atoms with Crippen molar-refractivity contribution >= 4 is 21.7 Å². The van der Waals surface area contributed by atoms with Crippen LogP contribution in [0.2, 0.25) is 0 Å². The van der Waals surface area contributed by atoms with Gasteiger partial charge in [0.25, 0.3) is 0 Å². The lowest BCUT2D eigenvalue weighted by Crippen LogP contribution is -2.25. The number of hydrogen-bond acceptors (Lipinski definition) is 3. The minimum atomic E-state index is -3.42. The van der Waals surface area contributed by atoms with E-state index >= 15 is 0 Å². The molecule has 1 aromatic rings. The summed E-state index contributed by atoms with van der Waals surface area (Å²) in [7, 11) is -3.42. The van der Waals surface area contributed by atoms with Gasteiger partial charge in [-0.2, -0.15) is 0 Å². The minimum Gasteiger partial charge on any atom is -0.478 e. The van der Waals surface area contributed by atoms with Crippen LogP contribution in [0.4, 0.5) is 5.69 Å². The Labute approximate surface area is 112 Å². The fourth-order valence-corrected chi connectivity index (χ4v) is 4.06. The van der Waals surface area contributed by atoms with Crippen molar-refractivity contribution in [3.8, 4) is 0 Å². The summed E-state index contributed by atoms with van der Waals surface area (Å²) in [4.78, 5) is 11.0. The number of carboxylic acid groups (broad SMARTS) is 1. The van der Waals surface area contributed by atoms with Gasteiger partial charge in [-0.3, -0.25) is 4.72 Å². The minimum absolute atomic E-state index is 0.117. The molecule has 1 fully saturated rings. The molecular weight excluding hydrogens is 266 g/mol. The van der Waals surface area contributed by atoms with Crippen LogP contribution in [0.5, 0.6) is 0 Å². The van der Waals surface area contributed by atoms with Gasteiger partial charge in [0.2, 0.25) is 10.0 Å². The van der Waals surface area contributed by atoms with Gasteiger partial charge in [-0.1, -0.05) is 18.9 Å². The second kappa shape index (κ2) is 5.21. The van der Waals surface area contributed by atoms with E-state index in [0.29, 0.717) is 24.1 Å². The molecule has 1 aliphatic rings. The quantitative estimate of drug-likeness (QED) is 0.888. The molecule has 0 saturated heterocycles. The maximum Gasteiger partial charge on any atom is 0.336 e. The van der Waals surface area contributed by atoms with Crippen molar-refractivity contribution in [2.24, 2.45) is 0 Å². The lowest BCUT2D eigenvalue weighted by molar-refractivity contribution is 0.0696. The summed E-state index contributed by atoms with van der Waals surface area (Å²) < 4.78 is 26.9. The van der Waals surface area contributed by atoms with E-state index in [0.717, 1.165) is 12.8 Å². The van der Waals surface area contributed by atoms with Crippen LogP contribution in [0.1, 0.15) is 41.6 Å². The lowest BCUT2D eigenvalue weighted by atomic mass is 10.1. The van der Waals surface area contributed by atoms with Crippen LogP contribution in [0, 0.1) is 6.92 Å². The standard InChI is InChI=1S/C13H17NO4S/c1-9-11(13(15)16)7-4-8-12(9)14-19(17,18)10-5-2-3-6-10/h4,7-8,10,14H,2-3,5-6H2,1H3,(H,15,16). The summed E-state index contributed by atoms with van der Waals surface area (Å²) in [5.41, 5.74) is 0.912. The van der Waals surface area contributed by atoms with E-state index in [9.17, 15) is 13.2 Å². The van der Waals surface area contributed by atoms with Crippen LogP contribution in [0.3, 0.4) is 0 Å². The van der Waals surface area contributed by atoms with E-state index in [1.54, 1.807) is 19.1 Å². The number of rotatable bonds is 4. The molecule has 0 aromatic heterocycles. The van der Waals surface area contributed by atoms with Crippen LogP contribution in [-0.4, -0.2) is 24.7 Å². The second-order valence-corrected chi connectivity index (χ2v) is 6.80. The van der Waals surface area contributed by atoms with Crippen LogP contribution >= 0.6 is 0 Å². The third-order valence-corrected chi connectivity index (χ3v) is 5.41. The van der Waals surface area contributed by atoms with Crippen molar-refractivity contribution in [1.82, 2.24) is 0 Å². The average Bonchev–Trinajstić information content (AvgIpc) is 2.85. The largest absolute Gasteiger partial charge is 0.478 e. The molecular formula is C13H17NO4S. The molecule has 0 aliphatic heterocycles. The van der Waals surface area contributed by atoms with Crippen LogP contribution in [0.15, 0.2) is 18.2 Å². The van der Waals surface area contributed by atoms with Crippen molar-refractivity contribution in [2.45, 2.75) is 37.9 Å². The molecule has 1 saturated carbocycles. The maximum absolute atomic E-state index is 12.2. The van der Waals surface area contributed by atoms with Crippen LogP contribution in [-0.2, 0) is 10.0 Å². The molecule has 1 aromatic carbocycles. The molecule has 0 spiro atoms. The smallest absolute Gasteiger partial charge is 0.336 e.